The molecule has 0 bridgehead atoms. The molecular weight excluding hydrogens is 404 g/mol. The summed E-state index contributed by atoms with van der Waals surface area (Å²) in [5.41, 5.74) is 13.2. The van der Waals surface area contributed by atoms with Crippen molar-refractivity contribution in [1.29, 1.82) is 0 Å². The second-order valence-electron chi connectivity index (χ2n) is 8.36. The summed E-state index contributed by atoms with van der Waals surface area (Å²) in [4.78, 5) is 28.7. The zero-order valence-electron chi connectivity index (χ0n) is 19.4. The number of guanidine groups is 1. The fourth-order valence-electron chi connectivity index (χ4n) is 4.20. The molecule has 3 rings (SSSR count). The standard InChI is InChI=1S/C23H36N8O/c1-4-31(5-2)13-12-26-22(32)21-27-17-11-10-15(3)14-16(17)20(30-21)28-18-8-6-7-9-19(18)29-23(24)25/h10-11,14,18-19H,4-9,12-13H2,1-3H3,(H,26,32)(H4,24,25,29)(H,27,28,30)/t18-,19+/m0/s1. The number of aryl methyl sites for hydroxylation is 1. The van der Waals surface area contributed by atoms with E-state index in [0.29, 0.717) is 12.4 Å². The molecule has 0 radical (unpaired) electrons. The monoisotopic (exact) mass is 440 g/mol. The number of benzene rings is 1. The number of likely N-dealkylation sites (N-methyl/N-ethyl adjacent to an activating group) is 1. The quantitative estimate of drug-likeness (QED) is 0.346. The van der Waals surface area contributed by atoms with Crippen LogP contribution in [-0.4, -0.2) is 65.0 Å². The van der Waals surface area contributed by atoms with Gasteiger partial charge in [0.05, 0.1) is 17.6 Å². The molecule has 9 nitrogen and oxygen atoms in total. The van der Waals surface area contributed by atoms with Gasteiger partial charge in [-0.15, -0.1) is 0 Å². The lowest BCUT2D eigenvalue weighted by Crippen LogP contribution is -2.39. The topological polar surface area (TPSA) is 135 Å². The van der Waals surface area contributed by atoms with Crippen LogP contribution in [0.3, 0.4) is 0 Å². The maximum Gasteiger partial charge on any atom is 0.289 e. The Labute approximate surface area is 190 Å². The van der Waals surface area contributed by atoms with Crippen molar-refractivity contribution in [3.8, 4) is 0 Å². The number of fused-ring (bicyclic) bond motifs is 1. The molecule has 1 saturated carbocycles. The zero-order valence-corrected chi connectivity index (χ0v) is 19.4. The van der Waals surface area contributed by atoms with Gasteiger partial charge in [0.25, 0.3) is 5.91 Å². The summed E-state index contributed by atoms with van der Waals surface area (Å²) in [6, 6.07) is 5.98. The number of carbonyl (C=O) groups excluding carboxylic acids is 1. The van der Waals surface area contributed by atoms with Gasteiger partial charge in [-0.2, -0.15) is 0 Å². The maximum absolute atomic E-state index is 12.8. The van der Waals surface area contributed by atoms with Gasteiger partial charge < -0.3 is 27.0 Å². The molecule has 9 heteroatoms. The molecule has 1 aromatic carbocycles. The largest absolute Gasteiger partial charge is 0.370 e. The Balaban J connectivity index is 1.86. The van der Waals surface area contributed by atoms with Gasteiger partial charge in [-0.05, 0) is 45.0 Å². The summed E-state index contributed by atoms with van der Waals surface area (Å²) in [6.45, 7) is 9.48. The van der Waals surface area contributed by atoms with Gasteiger partial charge in [0.15, 0.2) is 5.96 Å². The third kappa shape index (κ3) is 6.06. The minimum Gasteiger partial charge on any atom is -0.370 e. The summed E-state index contributed by atoms with van der Waals surface area (Å²) >= 11 is 0. The second kappa shape index (κ2) is 11.1. The van der Waals surface area contributed by atoms with Crippen LogP contribution in [0.15, 0.2) is 23.2 Å². The first-order valence-electron chi connectivity index (χ1n) is 11.6. The molecule has 0 spiro atoms. The van der Waals surface area contributed by atoms with Gasteiger partial charge in [-0.1, -0.05) is 38.3 Å². The number of nitrogens with zero attached hydrogens (tertiary/aromatic N) is 4. The first kappa shape index (κ1) is 23.7. The summed E-state index contributed by atoms with van der Waals surface area (Å²) in [5.74, 6) is 0.639. The van der Waals surface area contributed by atoms with Crippen LogP contribution in [-0.2, 0) is 0 Å². The van der Waals surface area contributed by atoms with Crippen LogP contribution < -0.4 is 22.1 Å². The fraction of sp³-hybridized carbons (Fsp3) is 0.565. The normalized spacial score (nSPS) is 18.5. The molecule has 1 aromatic heterocycles. The predicted octanol–water partition coefficient (Wildman–Crippen LogP) is 2.01. The van der Waals surface area contributed by atoms with Crippen molar-refractivity contribution >= 4 is 28.6 Å². The van der Waals surface area contributed by atoms with Crippen molar-refractivity contribution in [2.45, 2.75) is 58.5 Å². The molecule has 32 heavy (non-hydrogen) atoms. The molecule has 1 fully saturated rings. The van der Waals surface area contributed by atoms with Gasteiger partial charge in [-0.3, -0.25) is 4.79 Å². The molecule has 1 aliphatic carbocycles. The van der Waals surface area contributed by atoms with Gasteiger partial charge >= 0.3 is 0 Å². The SMILES string of the molecule is CCN(CC)CCNC(=O)c1nc(N[C@H]2CCCC[C@H]2N=C(N)N)c2cc(C)ccc2n1. The fourth-order valence-corrected chi connectivity index (χ4v) is 4.20. The van der Waals surface area contributed by atoms with Crippen LogP contribution in [0, 0.1) is 6.92 Å². The first-order valence-corrected chi connectivity index (χ1v) is 11.6. The highest BCUT2D eigenvalue weighted by atomic mass is 16.2. The minimum atomic E-state index is -0.271. The first-order chi connectivity index (χ1) is 15.4. The third-order valence-electron chi connectivity index (χ3n) is 6.03. The van der Waals surface area contributed by atoms with E-state index in [1.54, 1.807) is 0 Å². The summed E-state index contributed by atoms with van der Waals surface area (Å²) in [5, 5.41) is 7.38. The number of nitrogens with one attached hydrogen (secondary N) is 2. The molecule has 0 saturated heterocycles. The molecule has 0 aliphatic heterocycles. The maximum atomic E-state index is 12.8. The summed E-state index contributed by atoms with van der Waals surface area (Å²) in [7, 11) is 0. The summed E-state index contributed by atoms with van der Waals surface area (Å²) in [6.07, 6.45) is 4.03. The molecule has 2 atom stereocenters. The lowest BCUT2D eigenvalue weighted by molar-refractivity contribution is 0.0939. The van der Waals surface area contributed by atoms with Crippen LogP contribution in [0.5, 0.6) is 0 Å². The van der Waals surface area contributed by atoms with Crippen LogP contribution in [0.25, 0.3) is 10.9 Å². The van der Waals surface area contributed by atoms with Crippen LogP contribution >= 0.6 is 0 Å². The molecule has 174 valence electrons. The van der Waals surface area contributed by atoms with E-state index < -0.39 is 0 Å². The molecule has 2 aromatic rings. The predicted molar refractivity (Wildman–Crippen MR) is 130 cm³/mol. The average Bonchev–Trinajstić information content (AvgIpc) is 2.77. The van der Waals surface area contributed by atoms with E-state index in [9.17, 15) is 4.79 Å². The number of carbonyl (C=O) groups is 1. The van der Waals surface area contributed by atoms with Gasteiger partial charge in [0, 0.05) is 18.5 Å². The smallest absolute Gasteiger partial charge is 0.289 e. The minimum absolute atomic E-state index is 0.0186. The number of aromatic nitrogens is 2. The Bertz CT molecular complexity index is 952. The zero-order chi connectivity index (χ0) is 23.1. The number of aliphatic imine (C=N–C) groups is 1. The van der Waals surface area contributed by atoms with Gasteiger partial charge in [0.1, 0.15) is 5.82 Å². The van der Waals surface area contributed by atoms with E-state index in [0.717, 1.165) is 61.8 Å². The van der Waals surface area contributed by atoms with E-state index in [2.05, 4.69) is 44.3 Å². The highest BCUT2D eigenvalue weighted by molar-refractivity contribution is 5.96. The summed E-state index contributed by atoms with van der Waals surface area (Å²) < 4.78 is 0. The average molecular weight is 441 g/mol. The molecule has 1 amide bonds. The molecule has 0 unspecified atom stereocenters. The van der Waals surface area contributed by atoms with Crippen LogP contribution in [0.1, 0.15) is 55.7 Å². The molecular formula is C23H36N8O. The molecule has 1 aliphatic rings. The Hall–Kier alpha value is -2.94. The number of hydrogen-bond donors (Lipinski definition) is 4. The van der Waals surface area contributed by atoms with Crippen molar-refractivity contribution in [3.63, 3.8) is 0 Å². The Morgan fingerprint density at radius 1 is 1.19 bits per heavy atom. The van der Waals surface area contributed by atoms with Crippen molar-refractivity contribution in [3.05, 3.63) is 29.6 Å². The highest BCUT2D eigenvalue weighted by Gasteiger charge is 2.26. The lowest BCUT2D eigenvalue weighted by atomic mass is 9.90. The van der Waals surface area contributed by atoms with Crippen LogP contribution in [0.2, 0.25) is 0 Å². The van der Waals surface area contributed by atoms with Crippen molar-refractivity contribution in [2.75, 3.05) is 31.5 Å². The van der Waals surface area contributed by atoms with E-state index >= 15 is 0 Å². The van der Waals surface area contributed by atoms with Crippen molar-refractivity contribution in [1.82, 2.24) is 20.2 Å². The van der Waals surface area contributed by atoms with Crippen LogP contribution in [0.4, 0.5) is 5.82 Å². The highest BCUT2D eigenvalue weighted by Crippen LogP contribution is 2.28. The number of nitrogens with two attached hydrogens (primary N) is 2. The Kier molecular flexibility index (Phi) is 8.21. The Morgan fingerprint density at radius 2 is 1.94 bits per heavy atom. The van der Waals surface area contributed by atoms with Gasteiger partial charge in [-0.25, -0.2) is 15.0 Å². The van der Waals surface area contributed by atoms with Crippen molar-refractivity contribution < 1.29 is 4.79 Å². The van der Waals surface area contributed by atoms with Crippen molar-refractivity contribution in [2.24, 2.45) is 16.5 Å². The number of rotatable bonds is 9. The third-order valence-corrected chi connectivity index (χ3v) is 6.03. The number of anilines is 1. The van der Waals surface area contributed by atoms with Gasteiger partial charge in [0.2, 0.25) is 5.82 Å². The lowest BCUT2D eigenvalue weighted by Gasteiger charge is -2.30. The second-order valence-corrected chi connectivity index (χ2v) is 8.36. The number of hydrogen-bond acceptors (Lipinski definition) is 6. The van der Waals surface area contributed by atoms with E-state index in [1.165, 1.54) is 0 Å². The van der Waals surface area contributed by atoms with E-state index in [4.69, 9.17) is 11.5 Å². The molecule has 6 N–H and O–H groups in total. The molecule has 1 heterocycles. The number of amides is 1. The van der Waals surface area contributed by atoms with E-state index in [-0.39, 0.29) is 29.8 Å². The Morgan fingerprint density at radius 3 is 2.66 bits per heavy atom. The van der Waals surface area contributed by atoms with E-state index in [1.807, 2.05) is 25.1 Å².